The van der Waals surface area contributed by atoms with E-state index in [4.69, 9.17) is 0 Å². The molecule has 0 saturated carbocycles. The van der Waals surface area contributed by atoms with Gasteiger partial charge in [0.25, 0.3) is 5.91 Å². The maximum Gasteiger partial charge on any atom is 0.475 e. The molecule has 0 bridgehead atoms. The Morgan fingerprint density at radius 2 is 1.43 bits per heavy atom. The molecule has 0 aliphatic rings. The molecule has 0 saturated heterocycles. The van der Waals surface area contributed by atoms with Crippen LogP contribution in [0.2, 0.25) is 0 Å². The number of carbonyl (C=O) groups is 3. The minimum Gasteiger partial charge on any atom is -0.508 e. The van der Waals surface area contributed by atoms with Crippen molar-refractivity contribution in [3.05, 3.63) is 90.0 Å². The third-order valence-electron chi connectivity index (χ3n) is 6.12. The van der Waals surface area contributed by atoms with Crippen LogP contribution in [0.5, 0.6) is 5.75 Å². The molecule has 0 aliphatic carbocycles. The number of phenols is 1. The van der Waals surface area contributed by atoms with Crippen LogP contribution in [0.1, 0.15) is 41.9 Å². The predicted octanol–water partition coefficient (Wildman–Crippen LogP) is 0.794. The van der Waals surface area contributed by atoms with Gasteiger partial charge in [0.1, 0.15) is 23.5 Å². The number of phenolic OH excluding ortho intramolecular Hbond substituents is 1. The molecule has 0 unspecified atom stereocenters. The van der Waals surface area contributed by atoms with Crippen LogP contribution in [0.25, 0.3) is 0 Å². The van der Waals surface area contributed by atoms with E-state index in [2.05, 4.69) is 25.9 Å². The van der Waals surface area contributed by atoms with Gasteiger partial charge in [0.05, 0.1) is 12.1 Å². The molecule has 210 valence electrons. The topological polar surface area (TPSA) is 174 Å². The Hall–Kier alpha value is -4.29. The molecule has 6 N–H and O–H groups in total. The number of carbonyl (C=O) groups excluding carboxylic acids is 3. The number of benzene rings is 2. The Kier molecular flexibility index (Phi) is 11.2. The number of rotatable bonds is 13. The summed E-state index contributed by atoms with van der Waals surface area (Å²) in [5.74, 6) is -2.70. The number of nitrogens with zero attached hydrogens (tertiary/aromatic N) is 2. The van der Waals surface area contributed by atoms with Gasteiger partial charge in [0.15, 0.2) is 0 Å². The molecule has 12 heteroatoms. The summed E-state index contributed by atoms with van der Waals surface area (Å²) in [6, 6.07) is 13.0. The average molecular weight is 547 g/mol. The van der Waals surface area contributed by atoms with Gasteiger partial charge in [-0.25, -0.2) is 4.98 Å². The first-order chi connectivity index (χ1) is 19.1. The summed E-state index contributed by atoms with van der Waals surface area (Å²) < 4.78 is 0. The summed E-state index contributed by atoms with van der Waals surface area (Å²) >= 11 is 0. The summed E-state index contributed by atoms with van der Waals surface area (Å²) in [7, 11) is -1.80. The van der Waals surface area contributed by atoms with Gasteiger partial charge in [-0.1, -0.05) is 56.3 Å². The van der Waals surface area contributed by atoms with Crippen LogP contribution in [-0.2, 0) is 22.4 Å². The highest BCUT2D eigenvalue weighted by atomic mass is 16.4. The SMILES string of the molecule is CC(C)C[C@@H](NC(=O)[C@H](Cc1ccc(O)cc1)NC(=O)[C@H](Cc1ccccc1)NC(=O)c1cnccn1)B(O)O. The Morgan fingerprint density at radius 1 is 0.825 bits per heavy atom. The van der Waals surface area contributed by atoms with Gasteiger partial charge in [-0.2, -0.15) is 0 Å². The molecule has 0 radical (unpaired) electrons. The maximum absolute atomic E-state index is 13.6. The minimum absolute atomic E-state index is 0.0280. The second-order valence-corrected chi connectivity index (χ2v) is 9.90. The van der Waals surface area contributed by atoms with Crippen molar-refractivity contribution < 1.29 is 29.5 Å². The lowest BCUT2D eigenvalue weighted by Crippen LogP contribution is -2.58. The van der Waals surface area contributed by atoms with Gasteiger partial charge in [-0.05, 0) is 35.6 Å². The zero-order valence-electron chi connectivity index (χ0n) is 22.4. The molecule has 1 aromatic heterocycles. The van der Waals surface area contributed by atoms with E-state index in [0.717, 1.165) is 5.56 Å². The highest BCUT2D eigenvalue weighted by Crippen LogP contribution is 2.13. The van der Waals surface area contributed by atoms with E-state index in [0.29, 0.717) is 12.0 Å². The van der Waals surface area contributed by atoms with Crippen LogP contribution in [-0.4, -0.2) is 68.0 Å². The summed E-state index contributed by atoms with van der Waals surface area (Å²) in [6.45, 7) is 3.76. The Labute approximate surface area is 233 Å². The van der Waals surface area contributed by atoms with Crippen LogP contribution in [0.4, 0.5) is 0 Å². The van der Waals surface area contributed by atoms with Gasteiger partial charge in [-0.15, -0.1) is 0 Å². The van der Waals surface area contributed by atoms with Crippen LogP contribution in [0, 0.1) is 5.92 Å². The van der Waals surface area contributed by atoms with Gasteiger partial charge in [-0.3, -0.25) is 19.4 Å². The summed E-state index contributed by atoms with van der Waals surface area (Å²) in [6.07, 6.45) is 4.55. The first-order valence-electron chi connectivity index (χ1n) is 13.0. The smallest absolute Gasteiger partial charge is 0.475 e. The second-order valence-electron chi connectivity index (χ2n) is 9.90. The van der Waals surface area contributed by atoms with Crippen LogP contribution < -0.4 is 16.0 Å². The minimum atomic E-state index is -1.80. The number of aromatic hydroxyl groups is 1. The average Bonchev–Trinajstić information content (AvgIpc) is 2.93. The van der Waals surface area contributed by atoms with E-state index in [1.165, 1.54) is 30.7 Å². The van der Waals surface area contributed by atoms with Crippen molar-refractivity contribution in [2.24, 2.45) is 5.92 Å². The fourth-order valence-electron chi connectivity index (χ4n) is 4.10. The van der Waals surface area contributed by atoms with E-state index >= 15 is 0 Å². The normalized spacial score (nSPS) is 13.1. The molecule has 1 heterocycles. The molecule has 3 aromatic rings. The zero-order chi connectivity index (χ0) is 29.1. The summed E-state index contributed by atoms with van der Waals surface area (Å²) in [5, 5.41) is 37.3. The van der Waals surface area contributed by atoms with E-state index in [1.54, 1.807) is 12.1 Å². The van der Waals surface area contributed by atoms with Gasteiger partial charge < -0.3 is 31.1 Å². The zero-order valence-corrected chi connectivity index (χ0v) is 22.4. The molecular formula is C28H34BN5O6. The molecule has 2 aromatic carbocycles. The van der Waals surface area contributed by atoms with Gasteiger partial charge in [0.2, 0.25) is 11.8 Å². The van der Waals surface area contributed by atoms with Crippen molar-refractivity contribution in [2.45, 2.75) is 51.1 Å². The Balaban J connectivity index is 1.85. The first kappa shape index (κ1) is 30.3. The molecule has 0 spiro atoms. The van der Waals surface area contributed by atoms with Gasteiger partial charge >= 0.3 is 7.12 Å². The highest BCUT2D eigenvalue weighted by Gasteiger charge is 2.32. The molecule has 3 atom stereocenters. The van der Waals surface area contributed by atoms with Crippen molar-refractivity contribution in [2.75, 3.05) is 0 Å². The highest BCUT2D eigenvalue weighted by molar-refractivity contribution is 6.43. The number of hydrogen-bond donors (Lipinski definition) is 6. The fraction of sp³-hybridized carbons (Fsp3) is 0.321. The molecular weight excluding hydrogens is 513 g/mol. The standard InChI is InChI=1S/C28H34BN5O6/c1-18(2)14-25(29(39)40)34-27(37)23(16-20-8-10-21(35)11-9-20)32-26(36)22(15-19-6-4-3-5-7-19)33-28(38)24-17-30-12-13-31-24/h3-13,17-18,22-23,25,35,39-40H,14-16H2,1-2H3,(H,32,36)(H,33,38)(H,34,37)/t22-,23-,25+/m0/s1. The van der Waals surface area contributed by atoms with Crippen molar-refractivity contribution in [3.8, 4) is 5.75 Å². The largest absolute Gasteiger partial charge is 0.508 e. The lowest BCUT2D eigenvalue weighted by molar-refractivity contribution is -0.130. The number of hydrogen-bond acceptors (Lipinski definition) is 8. The van der Waals surface area contributed by atoms with Crippen LogP contribution >= 0.6 is 0 Å². The lowest BCUT2D eigenvalue weighted by Gasteiger charge is -2.26. The molecule has 0 fully saturated rings. The molecule has 0 aliphatic heterocycles. The van der Waals surface area contributed by atoms with Crippen molar-refractivity contribution in [1.82, 2.24) is 25.9 Å². The Bertz CT molecular complexity index is 1250. The third-order valence-corrected chi connectivity index (χ3v) is 6.12. The third kappa shape index (κ3) is 9.47. The molecule has 40 heavy (non-hydrogen) atoms. The molecule has 3 rings (SSSR count). The summed E-state index contributed by atoms with van der Waals surface area (Å²) in [5.41, 5.74) is 1.45. The van der Waals surface area contributed by atoms with E-state index in [-0.39, 0.29) is 30.2 Å². The van der Waals surface area contributed by atoms with Gasteiger partial charge in [0, 0.05) is 25.2 Å². The Morgan fingerprint density at radius 3 is 2.00 bits per heavy atom. The first-order valence-corrected chi connectivity index (χ1v) is 13.0. The van der Waals surface area contributed by atoms with Crippen LogP contribution in [0.3, 0.4) is 0 Å². The number of amides is 3. The monoisotopic (exact) mass is 547 g/mol. The summed E-state index contributed by atoms with van der Waals surface area (Å²) in [4.78, 5) is 47.7. The predicted molar refractivity (Wildman–Crippen MR) is 149 cm³/mol. The molecule has 3 amide bonds. The number of nitrogens with one attached hydrogen (secondary N) is 3. The number of aromatic nitrogens is 2. The molecule has 11 nitrogen and oxygen atoms in total. The fourth-order valence-corrected chi connectivity index (χ4v) is 4.10. The quantitative estimate of drug-likeness (QED) is 0.170. The van der Waals surface area contributed by atoms with Crippen molar-refractivity contribution >= 4 is 24.8 Å². The second kappa shape index (κ2) is 14.8. The van der Waals surface area contributed by atoms with Crippen LogP contribution in [0.15, 0.2) is 73.2 Å². The van der Waals surface area contributed by atoms with Crippen molar-refractivity contribution in [1.29, 1.82) is 0 Å². The van der Waals surface area contributed by atoms with E-state index in [9.17, 15) is 29.5 Å². The van der Waals surface area contributed by atoms with E-state index < -0.39 is 42.9 Å². The maximum atomic E-state index is 13.6. The van der Waals surface area contributed by atoms with Crippen molar-refractivity contribution in [3.63, 3.8) is 0 Å². The lowest BCUT2D eigenvalue weighted by atomic mass is 9.75. The van der Waals surface area contributed by atoms with E-state index in [1.807, 2.05) is 44.2 Å².